The lowest BCUT2D eigenvalue weighted by Crippen LogP contribution is -2.12. The molecule has 0 aliphatic heterocycles. The molecule has 0 amide bonds. The lowest BCUT2D eigenvalue weighted by atomic mass is 10.2. The van der Waals surface area contributed by atoms with Crippen molar-refractivity contribution in [2.75, 3.05) is 0 Å². The number of hydrogen-bond donors (Lipinski definition) is 1. The van der Waals surface area contributed by atoms with Crippen LogP contribution in [0.5, 0.6) is 0 Å². The molecule has 58 valence electrons. The molecule has 0 aliphatic carbocycles. The fraction of sp³-hybridized carbons (Fsp3) is 0.250. The van der Waals surface area contributed by atoms with Crippen LogP contribution in [0.25, 0.3) is 5.57 Å². The highest BCUT2D eigenvalue weighted by Crippen LogP contribution is 2.02. The Morgan fingerprint density at radius 2 is 2.36 bits per heavy atom. The van der Waals surface area contributed by atoms with E-state index in [-0.39, 0.29) is 5.56 Å². The Morgan fingerprint density at radius 3 is 2.82 bits per heavy atom. The largest absolute Gasteiger partial charge is 0.319 e. The number of allylic oxidation sites excluding steroid dienone is 1. The van der Waals surface area contributed by atoms with Gasteiger partial charge >= 0.3 is 0 Å². The van der Waals surface area contributed by atoms with Crippen molar-refractivity contribution in [3.8, 4) is 0 Å². The number of aryl methyl sites for hydroxylation is 1. The molecule has 3 heteroatoms. The van der Waals surface area contributed by atoms with E-state index in [1.807, 2.05) is 6.92 Å². The van der Waals surface area contributed by atoms with Gasteiger partial charge < -0.3 is 4.98 Å². The van der Waals surface area contributed by atoms with Gasteiger partial charge in [0.15, 0.2) is 0 Å². The summed E-state index contributed by atoms with van der Waals surface area (Å²) in [5.74, 6) is 0. The first-order valence-corrected chi connectivity index (χ1v) is 3.33. The second-order valence-corrected chi connectivity index (χ2v) is 2.49. The van der Waals surface area contributed by atoms with E-state index >= 15 is 0 Å². The van der Waals surface area contributed by atoms with Crippen LogP contribution in [0.4, 0.5) is 0 Å². The monoisotopic (exact) mass is 150 g/mol. The van der Waals surface area contributed by atoms with Gasteiger partial charge in [-0.2, -0.15) is 0 Å². The Bertz CT molecular complexity index is 338. The van der Waals surface area contributed by atoms with E-state index in [9.17, 15) is 4.79 Å². The molecule has 0 saturated carbocycles. The van der Waals surface area contributed by atoms with E-state index in [1.54, 1.807) is 13.1 Å². The second-order valence-electron chi connectivity index (χ2n) is 2.49. The number of rotatable bonds is 1. The average molecular weight is 150 g/mol. The van der Waals surface area contributed by atoms with Gasteiger partial charge in [-0.1, -0.05) is 6.58 Å². The quantitative estimate of drug-likeness (QED) is 0.651. The van der Waals surface area contributed by atoms with Crippen LogP contribution >= 0.6 is 0 Å². The summed E-state index contributed by atoms with van der Waals surface area (Å²) in [6.45, 7) is 7.18. The predicted octanol–water partition coefficient (Wildman–Crippen LogP) is 1.11. The molecular formula is C8H10N2O. The maximum Gasteiger partial charge on any atom is 0.269 e. The third kappa shape index (κ3) is 1.55. The number of aromatic nitrogens is 2. The molecule has 1 aromatic rings. The van der Waals surface area contributed by atoms with E-state index in [1.165, 1.54) is 0 Å². The second kappa shape index (κ2) is 2.70. The van der Waals surface area contributed by atoms with Crippen molar-refractivity contribution in [3.05, 3.63) is 34.5 Å². The fourth-order valence-corrected chi connectivity index (χ4v) is 0.682. The number of H-pyrrole nitrogens is 1. The molecule has 0 spiro atoms. The Kier molecular flexibility index (Phi) is 1.89. The van der Waals surface area contributed by atoms with Gasteiger partial charge in [-0.05, 0) is 19.4 Å². The minimum atomic E-state index is -0.148. The summed E-state index contributed by atoms with van der Waals surface area (Å²) in [7, 11) is 0. The maximum atomic E-state index is 11.0. The molecule has 0 aromatic carbocycles. The van der Waals surface area contributed by atoms with Gasteiger partial charge in [-0.25, -0.2) is 0 Å². The van der Waals surface area contributed by atoms with Crippen LogP contribution in [0, 0.1) is 6.92 Å². The average Bonchev–Trinajstić information content (AvgIpc) is 1.94. The van der Waals surface area contributed by atoms with Gasteiger partial charge in [0.2, 0.25) is 0 Å². The number of hydrogen-bond acceptors (Lipinski definition) is 2. The summed E-state index contributed by atoms with van der Waals surface area (Å²) in [5, 5.41) is 0. The van der Waals surface area contributed by atoms with Crippen LogP contribution in [-0.4, -0.2) is 9.97 Å². The highest BCUT2D eigenvalue weighted by Gasteiger charge is 1.96. The van der Waals surface area contributed by atoms with Crippen molar-refractivity contribution in [2.45, 2.75) is 13.8 Å². The first-order valence-electron chi connectivity index (χ1n) is 3.33. The van der Waals surface area contributed by atoms with Crippen LogP contribution in [0.3, 0.4) is 0 Å². The van der Waals surface area contributed by atoms with Crippen molar-refractivity contribution in [1.29, 1.82) is 0 Å². The van der Waals surface area contributed by atoms with Crippen molar-refractivity contribution < 1.29 is 0 Å². The predicted molar refractivity (Wildman–Crippen MR) is 44.3 cm³/mol. The van der Waals surface area contributed by atoms with Crippen LogP contribution in [0.2, 0.25) is 0 Å². The lowest BCUT2D eigenvalue weighted by molar-refractivity contribution is 1.04. The van der Waals surface area contributed by atoms with Gasteiger partial charge in [0.25, 0.3) is 5.56 Å². The summed E-state index contributed by atoms with van der Waals surface area (Å²) in [4.78, 5) is 17.5. The van der Waals surface area contributed by atoms with E-state index in [0.29, 0.717) is 11.4 Å². The van der Waals surface area contributed by atoms with Crippen molar-refractivity contribution in [1.82, 2.24) is 9.97 Å². The fourth-order valence-electron chi connectivity index (χ4n) is 0.682. The molecule has 0 radical (unpaired) electrons. The molecule has 0 bridgehead atoms. The molecule has 0 aliphatic rings. The molecule has 11 heavy (non-hydrogen) atoms. The molecule has 1 N–H and O–H groups in total. The van der Waals surface area contributed by atoms with E-state index in [2.05, 4.69) is 16.5 Å². The Balaban J connectivity index is 3.26. The third-order valence-electron chi connectivity index (χ3n) is 1.42. The van der Waals surface area contributed by atoms with E-state index in [0.717, 1.165) is 5.57 Å². The number of aromatic amines is 1. The van der Waals surface area contributed by atoms with Crippen molar-refractivity contribution in [3.63, 3.8) is 0 Å². The summed E-state index contributed by atoms with van der Waals surface area (Å²) in [5.41, 5.74) is 1.84. The standard InChI is InChI=1S/C8H10N2O/c1-5(2)7-4-9-6(3)8(11)10-7/h4H,1H2,2-3H3,(H,10,11). The van der Waals surface area contributed by atoms with E-state index in [4.69, 9.17) is 0 Å². The molecule has 0 saturated heterocycles. The Morgan fingerprint density at radius 1 is 1.73 bits per heavy atom. The van der Waals surface area contributed by atoms with E-state index < -0.39 is 0 Å². The third-order valence-corrected chi connectivity index (χ3v) is 1.42. The first-order chi connectivity index (χ1) is 5.11. The summed E-state index contributed by atoms with van der Waals surface area (Å²) in [6, 6.07) is 0. The smallest absolute Gasteiger partial charge is 0.269 e. The molecule has 0 fully saturated rings. The van der Waals surface area contributed by atoms with Crippen molar-refractivity contribution >= 4 is 5.57 Å². The first kappa shape index (κ1) is 7.72. The van der Waals surface area contributed by atoms with Crippen LogP contribution in [0.1, 0.15) is 18.3 Å². The Hall–Kier alpha value is -1.38. The lowest BCUT2D eigenvalue weighted by Gasteiger charge is -1.97. The van der Waals surface area contributed by atoms with Crippen LogP contribution in [-0.2, 0) is 0 Å². The summed E-state index contributed by atoms with van der Waals surface area (Å²) >= 11 is 0. The minimum Gasteiger partial charge on any atom is -0.319 e. The van der Waals surface area contributed by atoms with Crippen molar-refractivity contribution in [2.24, 2.45) is 0 Å². The SMILES string of the molecule is C=C(C)c1cnc(C)c(=O)[nH]1. The topological polar surface area (TPSA) is 45.8 Å². The van der Waals surface area contributed by atoms with Gasteiger partial charge in [0.05, 0.1) is 11.9 Å². The van der Waals surface area contributed by atoms with Gasteiger partial charge in [0, 0.05) is 0 Å². The van der Waals surface area contributed by atoms with Gasteiger partial charge in [-0.3, -0.25) is 9.78 Å². The van der Waals surface area contributed by atoms with Crippen LogP contribution < -0.4 is 5.56 Å². The minimum absolute atomic E-state index is 0.148. The maximum absolute atomic E-state index is 11.0. The zero-order chi connectivity index (χ0) is 8.43. The summed E-state index contributed by atoms with van der Waals surface area (Å²) in [6.07, 6.45) is 1.61. The molecule has 1 aromatic heterocycles. The zero-order valence-electron chi connectivity index (χ0n) is 6.64. The normalized spacial score (nSPS) is 9.64. The van der Waals surface area contributed by atoms with Crippen LogP contribution in [0.15, 0.2) is 17.6 Å². The molecule has 1 heterocycles. The molecule has 0 atom stereocenters. The highest BCUT2D eigenvalue weighted by molar-refractivity contribution is 5.56. The van der Waals surface area contributed by atoms with Gasteiger partial charge in [-0.15, -0.1) is 0 Å². The number of nitrogens with one attached hydrogen (secondary N) is 1. The molecule has 1 rings (SSSR count). The Labute approximate surface area is 64.8 Å². The number of nitrogens with zero attached hydrogens (tertiary/aromatic N) is 1. The highest BCUT2D eigenvalue weighted by atomic mass is 16.1. The summed E-state index contributed by atoms with van der Waals surface area (Å²) < 4.78 is 0. The van der Waals surface area contributed by atoms with Gasteiger partial charge in [0.1, 0.15) is 5.69 Å². The molecule has 3 nitrogen and oxygen atoms in total. The zero-order valence-corrected chi connectivity index (χ0v) is 6.64. The molecular weight excluding hydrogens is 140 g/mol. The molecule has 0 unspecified atom stereocenters.